The van der Waals surface area contributed by atoms with Crippen LogP contribution in [0.5, 0.6) is 11.5 Å². The van der Waals surface area contributed by atoms with Gasteiger partial charge in [0.05, 0.1) is 6.61 Å². The standard InChI is InChI=1S/C26H32ClFO4/c1-8-17(21(28)11-10-16(5)12-22(29)30)18-13-19-20(15(3)4)14-26(6,7)32-25(19)23(27)24(18)31-9-2/h10-15H,8-9H2,1-7H3,(H,29,30). The zero-order chi connectivity index (χ0) is 24.2. The first-order valence-corrected chi connectivity index (χ1v) is 11.2. The van der Waals surface area contributed by atoms with Crippen LogP contribution < -0.4 is 9.47 Å². The minimum absolute atomic E-state index is 0.210. The number of carboxylic acid groups (broad SMARTS) is 1. The van der Waals surface area contributed by atoms with Crippen molar-refractivity contribution in [3.05, 3.63) is 57.9 Å². The summed E-state index contributed by atoms with van der Waals surface area (Å²) in [7, 11) is 0. The van der Waals surface area contributed by atoms with E-state index in [1.165, 1.54) is 12.2 Å². The van der Waals surface area contributed by atoms with Crippen molar-refractivity contribution in [2.45, 2.75) is 60.5 Å². The summed E-state index contributed by atoms with van der Waals surface area (Å²) in [5.74, 6) is -0.423. The molecule has 0 radical (unpaired) electrons. The number of carbonyl (C=O) groups is 1. The third-order valence-electron chi connectivity index (χ3n) is 5.08. The highest BCUT2D eigenvalue weighted by Crippen LogP contribution is 2.50. The van der Waals surface area contributed by atoms with Crippen LogP contribution in [0.25, 0.3) is 11.1 Å². The van der Waals surface area contributed by atoms with Crippen molar-refractivity contribution in [3.8, 4) is 11.5 Å². The zero-order valence-corrected chi connectivity index (χ0v) is 20.6. The Bertz CT molecular complexity index is 1010. The summed E-state index contributed by atoms with van der Waals surface area (Å²) in [5, 5.41) is 9.19. The van der Waals surface area contributed by atoms with Crippen LogP contribution in [-0.4, -0.2) is 23.3 Å². The number of hydrogen-bond acceptors (Lipinski definition) is 3. The second-order valence-corrected chi connectivity index (χ2v) is 8.95. The van der Waals surface area contributed by atoms with Crippen LogP contribution in [-0.2, 0) is 4.79 Å². The molecule has 0 unspecified atom stereocenters. The van der Waals surface area contributed by atoms with Gasteiger partial charge in [0, 0.05) is 17.2 Å². The van der Waals surface area contributed by atoms with E-state index in [0.717, 1.165) is 17.2 Å². The molecule has 1 aromatic carbocycles. The van der Waals surface area contributed by atoms with Gasteiger partial charge < -0.3 is 14.6 Å². The van der Waals surface area contributed by atoms with Crippen LogP contribution in [0, 0.1) is 5.92 Å². The molecule has 2 rings (SSSR count). The molecule has 4 nitrogen and oxygen atoms in total. The first-order valence-electron chi connectivity index (χ1n) is 10.8. The molecule has 1 N–H and O–H groups in total. The van der Waals surface area contributed by atoms with E-state index in [-0.39, 0.29) is 5.92 Å². The SMILES string of the molecule is CCOc1c(C(CC)=C(F)C=CC(C)=CC(=O)O)cc2c(c1Cl)OC(C)(C)C=C2C(C)C. The lowest BCUT2D eigenvalue weighted by Gasteiger charge is -2.34. The van der Waals surface area contributed by atoms with Crippen LogP contribution >= 0.6 is 11.6 Å². The highest BCUT2D eigenvalue weighted by molar-refractivity contribution is 6.34. The van der Waals surface area contributed by atoms with Crippen LogP contribution in [0.1, 0.15) is 66.0 Å². The van der Waals surface area contributed by atoms with E-state index in [1.54, 1.807) is 6.92 Å². The van der Waals surface area contributed by atoms with Gasteiger partial charge in [0.15, 0.2) is 5.75 Å². The number of carboxylic acids is 1. The molecule has 1 aliphatic rings. The molecule has 6 heteroatoms. The predicted octanol–water partition coefficient (Wildman–Crippen LogP) is 7.63. The van der Waals surface area contributed by atoms with Crippen LogP contribution in [0.3, 0.4) is 0 Å². The molecule has 0 saturated heterocycles. The van der Waals surface area contributed by atoms with Crippen LogP contribution in [0.2, 0.25) is 5.02 Å². The highest BCUT2D eigenvalue weighted by Gasteiger charge is 2.32. The van der Waals surface area contributed by atoms with Gasteiger partial charge in [-0.15, -0.1) is 0 Å². The van der Waals surface area contributed by atoms with Gasteiger partial charge in [-0.2, -0.15) is 0 Å². The molecule has 32 heavy (non-hydrogen) atoms. The molecule has 1 aliphatic heterocycles. The molecular weight excluding hydrogens is 431 g/mol. The molecule has 1 heterocycles. The normalized spacial score (nSPS) is 16.4. The average molecular weight is 463 g/mol. The molecular formula is C26H32ClFO4. The van der Waals surface area contributed by atoms with Gasteiger partial charge in [0.1, 0.15) is 22.2 Å². The third kappa shape index (κ3) is 5.83. The molecule has 0 amide bonds. The first-order chi connectivity index (χ1) is 14.9. The number of aliphatic carboxylic acids is 1. The zero-order valence-electron chi connectivity index (χ0n) is 19.8. The van der Waals surface area contributed by atoms with Crippen molar-refractivity contribution in [1.82, 2.24) is 0 Å². The molecule has 1 aromatic rings. The van der Waals surface area contributed by atoms with E-state index in [2.05, 4.69) is 19.9 Å². The quantitative estimate of drug-likeness (QED) is 0.318. The summed E-state index contributed by atoms with van der Waals surface area (Å²) in [6.07, 6.45) is 6.20. The Balaban J connectivity index is 2.77. The fourth-order valence-electron chi connectivity index (χ4n) is 3.70. The Hall–Kier alpha value is -2.53. The lowest BCUT2D eigenvalue weighted by Crippen LogP contribution is -2.30. The molecule has 0 atom stereocenters. The van der Waals surface area contributed by atoms with Crippen molar-refractivity contribution < 1.29 is 23.8 Å². The summed E-state index contributed by atoms with van der Waals surface area (Å²) < 4.78 is 27.3. The monoisotopic (exact) mass is 462 g/mol. The number of halogens is 2. The fraction of sp³-hybridized carbons (Fsp3) is 0.423. The summed E-state index contributed by atoms with van der Waals surface area (Å²) in [5.41, 5.74) is 2.78. The van der Waals surface area contributed by atoms with Crippen LogP contribution in [0.15, 0.2) is 41.8 Å². The summed E-state index contributed by atoms with van der Waals surface area (Å²) in [6.45, 7) is 13.8. The molecule has 0 spiro atoms. The van der Waals surface area contributed by atoms with Gasteiger partial charge in [-0.25, -0.2) is 9.18 Å². The largest absolute Gasteiger partial charge is 0.492 e. The number of fused-ring (bicyclic) bond motifs is 1. The average Bonchev–Trinajstić information content (AvgIpc) is 2.68. The van der Waals surface area contributed by atoms with Gasteiger partial charge in [-0.1, -0.05) is 38.4 Å². The van der Waals surface area contributed by atoms with Gasteiger partial charge in [0.25, 0.3) is 0 Å². The maximum atomic E-state index is 15.3. The summed E-state index contributed by atoms with van der Waals surface area (Å²) in [6, 6.07) is 1.89. The van der Waals surface area contributed by atoms with E-state index in [1.807, 2.05) is 33.8 Å². The van der Waals surface area contributed by atoms with Gasteiger partial charge >= 0.3 is 5.97 Å². The Labute approximate surface area is 195 Å². The Morgan fingerprint density at radius 1 is 1.31 bits per heavy atom. The topological polar surface area (TPSA) is 55.8 Å². The van der Waals surface area contributed by atoms with E-state index in [0.29, 0.717) is 46.3 Å². The lowest BCUT2D eigenvalue weighted by atomic mass is 9.85. The molecule has 174 valence electrons. The molecule has 0 saturated carbocycles. The summed E-state index contributed by atoms with van der Waals surface area (Å²) in [4.78, 5) is 10.8. The number of hydrogen-bond donors (Lipinski definition) is 1. The van der Waals surface area contributed by atoms with Gasteiger partial charge in [-0.3, -0.25) is 0 Å². The maximum Gasteiger partial charge on any atom is 0.328 e. The molecule has 0 fully saturated rings. The minimum Gasteiger partial charge on any atom is -0.492 e. The second kappa shape index (κ2) is 10.4. The Morgan fingerprint density at radius 2 is 1.97 bits per heavy atom. The van der Waals surface area contributed by atoms with E-state index in [9.17, 15) is 4.79 Å². The van der Waals surface area contributed by atoms with E-state index < -0.39 is 17.4 Å². The Morgan fingerprint density at radius 3 is 2.50 bits per heavy atom. The third-order valence-corrected chi connectivity index (χ3v) is 5.42. The summed E-state index contributed by atoms with van der Waals surface area (Å²) >= 11 is 6.78. The van der Waals surface area contributed by atoms with Crippen molar-refractivity contribution in [2.75, 3.05) is 6.61 Å². The number of benzene rings is 1. The smallest absolute Gasteiger partial charge is 0.328 e. The van der Waals surface area contributed by atoms with Crippen molar-refractivity contribution in [3.63, 3.8) is 0 Å². The van der Waals surface area contributed by atoms with E-state index >= 15 is 4.39 Å². The number of rotatable bonds is 8. The number of allylic oxidation sites excluding steroid dienone is 6. The van der Waals surface area contributed by atoms with Gasteiger partial charge in [0.2, 0.25) is 0 Å². The lowest BCUT2D eigenvalue weighted by molar-refractivity contribution is -0.131. The van der Waals surface area contributed by atoms with Crippen LogP contribution in [0.4, 0.5) is 4.39 Å². The van der Waals surface area contributed by atoms with E-state index in [4.69, 9.17) is 26.2 Å². The fourth-order valence-corrected chi connectivity index (χ4v) is 3.99. The molecule has 0 aromatic heterocycles. The van der Waals surface area contributed by atoms with Crippen molar-refractivity contribution in [2.24, 2.45) is 5.92 Å². The number of ether oxygens (including phenoxy) is 2. The van der Waals surface area contributed by atoms with Gasteiger partial charge in [-0.05, 0) is 75.0 Å². The Kier molecular flexibility index (Phi) is 8.35. The minimum atomic E-state index is -1.08. The second-order valence-electron chi connectivity index (χ2n) is 8.58. The predicted molar refractivity (Wildman–Crippen MR) is 129 cm³/mol. The maximum absolute atomic E-state index is 15.3. The molecule has 0 bridgehead atoms. The van der Waals surface area contributed by atoms with Crippen molar-refractivity contribution in [1.29, 1.82) is 0 Å². The highest BCUT2D eigenvalue weighted by atomic mass is 35.5. The van der Waals surface area contributed by atoms with Crippen molar-refractivity contribution >= 4 is 28.7 Å². The molecule has 0 aliphatic carbocycles. The first kappa shape index (κ1) is 25.7.